The van der Waals surface area contributed by atoms with Crippen molar-refractivity contribution in [1.29, 1.82) is 0 Å². The van der Waals surface area contributed by atoms with Crippen LogP contribution in [0.25, 0.3) is 0 Å². The maximum absolute atomic E-state index is 10.9. The van der Waals surface area contributed by atoms with Gasteiger partial charge in [0.25, 0.3) is 5.69 Å². The molecule has 5 nitrogen and oxygen atoms in total. The van der Waals surface area contributed by atoms with E-state index in [2.05, 4.69) is 17.1 Å². The lowest BCUT2D eigenvalue weighted by Gasteiger charge is -2.38. The highest BCUT2D eigenvalue weighted by Gasteiger charge is 2.34. The van der Waals surface area contributed by atoms with Crippen LogP contribution in [0, 0.1) is 22.0 Å². The molecule has 0 aromatic heterocycles. The van der Waals surface area contributed by atoms with Gasteiger partial charge in [0, 0.05) is 24.7 Å². The molecule has 3 unspecified atom stereocenters. The van der Waals surface area contributed by atoms with E-state index in [9.17, 15) is 10.1 Å². The molecule has 0 radical (unpaired) electrons. The van der Waals surface area contributed by atoms with Gasteiger partial charge in [-0.25, -0.2) is 0 Å². The summed E-state index contributed by atoms with van der Waals surface area (Å²) in [7, 11) is 0. The van der Waals surface area contributed by atoms with Crippen LogP contribution in [-0.2, 0) is 0 Å². The topological polar surface area (TPSA) is 58.4 Å². The third-order valence-electron chi connectivity index (χ3n) is 4.85. The first-order chi connectivity index (χ1) is 9.65. The van der Waals surface area contributed by atoms with Gasteiger partial charge in [-0.05, 0) is 50.4 Å². The second-order valence-electron chi connectivity index (χ2n) is 5.99. The Morgan fingerprint density at radius 2 is 2.20 bits per heavy atom. The minimum absolute atomic E-state index is 0.187. The molecule has 2 heterocycles. The van der Waals surface area contributed by atoms with Crippen LogP contribution in [0.3, 0.4) is 0 Å². The van der Waals surface area contributed by atoms with E-state index in [4.69, 9.17) is 0 Å². The van der Waals surface area contributed by atoms with Gasteiger partial charge in [0.15, 0.2) is 0 Å². The third-order valence-corrected chi connectivity index (χ3v) is 4.85. The van der Waals surface area contributed by atoms with Crippen molar-refractivity contribution in [3.63, 3.8) is 0 Å². The van der Waals surface area contributed by atoms with Gasteiger partial charge in [-0.15, -0.1) is 0 Å². The standard InChI is InChI=1S/C15H21N3O2/c1-11(12-3-2-4-15(7-12)18(19)20)17-6-5-13-8-16-9-14(13)10-17/h2-4,7,11,13-14,16H,5-6,8-10H2,1H3. The van der Waals surface area contributed by atoms with Crippen molar-refractivity contribution in [2.45, 2.75) is 19.4 Å². The molecule has 2 saturated heterocycles. The van der Waals surface area contributed by atoms with Gasteiger partial charge in [0.1, 0.15) is 0 Å². The lowest BCUT2D eigenvalue weighted by molar-refractivity contribution is -0.385. The lowest BCUT2D eigenvalue weighted by Crippen LogP contribution is -2.41. The van der Waals surface area contributed by atoms with Gasteiger partial charge < -0.3 is 5.32 Å². The number of piperidine rings is 1. The van der Waals surface area contributed by atoms with E-state index in [1.807, 2.05) is 6.07 Å². The highest BCUT2D eigenvalue weighted by atomic mass is 16.6. The van der Waals surface area contributed by atoms with Crippen LogP contribution in [0.4, 0.5) is 5.69 Å². The molecule has 20 heavy (non-hydrogen) atoms. The Kier molecular flexibility index (Phi) is 3.72. The number of fused-ring (bicyclic) bond motifs is 1. The van der Waals surface area contributed by atoms with Gasteiger partial charge in [-0.2, -0.15) is 0 Å². The Hall–Kier alpha value is -1.46. The monoisotopic (exact) mass is 275 g/mol. The van der Waals surface area contributed by atoms with Crippen LogP contribution in [0.5, 0.6) is 0 Å². The average molecular weight is 275 g/mol. The Morgan fingerprint density at radius 3 is 3.00 bits per heavy atom. The van der Waals surface area contributed by atoms with E-state index < -0.39 is 0 Å². The molecule has 2 aliphatic heterocycles. The molecule has 1 N–H and O–H groups in total. The van der Waals surface area contributed by atoms with E-state index in [1.165, 1.54) is 6.42 Å². The molecule has 0 aliphatic carbocycles. The zero-order valence-electron chi connectivity index (χ0n) is 11.8. The molecule has 0 saturated carbocycles. The fourth-order valence-electron chi connectivity index (χ4n) is 3.52. The summed E-state index contributed by atoms with van der Waals surface area (Å²) < 4.78 is 0. The Morgan fingerprint density at radius 1 is 1.40 bits per heavy atom. The van der Waals surface area contributed by atoms with Crippen LogP contribution < -0.4 is 5.32 Å². The molecule has 2 aliphatic rings. The van der Waals surface area contributed by atoms with Crippen molar-refractivity contribution >= 4 is 5.69 Å². The number of hydrogen-bond acceptors (Lipinski definition) is 4. The van der Waals surface area contributed by atoms with Crippen LogP contribution in [-0.4, -0.2) is 36.0 Å². The van der Waals surface area contributed by atoms with Gasteiger partial charge in [-0.1, -0.05) is 12.1 Å². The number of nitrogens with zero attached hydrogens (tertiary/aromatic N) is 2. The van der Waals surface area contributed by atoms with E-state index >= 15 is 0 Å². The summed E-state index contributed by atoms with van der Waals surface area (Å²) in [6.07, 6.45) is 1.23. The molecule has 5 heteroatoms. The van der Waals surface area contributed by atoms with Gasteiger partial charge in [-0.3, -0.25) is 15.0 Å². The number of likely N-dealkylation sites (tertiary alicyclic amines) is 1. The molecule has 1 aromatic carbocycles. The fraction of sp³-hybridized carbons (Fsp3) is 0.600. The van der Waals surface area contributed by atoms with Crippen molar-refractivity contribution < 1.29 is 4.92 Å². The zero-order chi connectivity index (χ0) is 14.1. The van der Waals surface area contributed by atoms with E-state index in [-0.39, 0.29) is 16.7 Å². The molecular formula is C15H21N3O2. The maximum atomic E-state index is 10.9. The largest absolute Gasteiger partial charge is 0.316 e. The molecule has 3 atom stereocenters. The number of non-ortho nitro benzene ring substituents is 1. The zero-order valence-corrected chi connectivity index (χ0v) is 11.8. The first-order valence-electron chi connectivity index (χ1n) is 7.34. The number of nitro groups is 1. The van der Waals surface area contributed by atoms with Crippen LogP contribution in [0.1, 0.15) is 24.9 Å². The van der Waals surface area contributed by atoms with E-state index in [1.54, 1.807) is 18.2 Å². The van der Waals surface area contributed by atoms with Crippen LogP contribution in [0.15, 0.2) is 24.3 Å². The normalized spacial score (nSPS) is 28.1. The SMILES string of the molecule is CC(c1cccc([N+](=O)[O-])c1)N1CCC2CNCC2C1. The molecular weight excluding hydrogens is 254 g/mol. The van der Waals surface area contributed by atoms with Crippen molar-refractivity contribution in [1.82, 2.24) is 10.2 Å². The van der Waals surface area contributed by atoms with E-state index in [0.717, 1.165) is 43.6 Å². The number of rotatable bonds is 3. The summed E-state index contributed by atoms with van der Waals surface area (Å²) in [5.74, 6) is 1.56. The molecule has 3 rings (SSSR count). The first kappa shape index (κ1) is 13.5. The Labute approximate surface area is 119 Å². The second kappa shape index (κ2) is 5.50. The summed E-state index contributed by atoms with van der Waals surface area (Å²) >= 11 is 0. The predicted octanol–water partition coefficient (Wildman–Crippen LogP) is 2.20. The summed E-state index contributed by atoms with van der Waals surface area (Å²) in [6, 6.07) is 7.30. The van der Waals surface area contributed by atoms with Crippen molar-refractivity contribution in [2.75, 3.05) is 26.2 Å². The average Bonchev–Trinajstić information content (AvgIpc) is 2.94. The summed E-state index contributed by atoms with van der Waals surface area (Å²) in [5, 5.41) is 14.4. The molecule has 108 valence electrons. The van der Waals surface area contributed by atoms with Gasteiger partial charge in [0.2, 0.25) is 0 Å². The number of benzene rings is 1. The van der Waals surface area contributed by atoms with E-state index in [0.29, 0.717) is 0 Å². The van der Waals surface area contributed by atoms with Crippen LogP contribution in [0.2, 0.25) is 0 Å². The van der Waals surface area contributed by atoms with Crippen molar-refractivity contribution in [3.8, 4) is 0 Å². The molecule has 0 bridgehead atoms. The summed E-state index contributed by atoms with van der Waals surface area (Å²) in [6.45, 7) is 6.61. The lowest BCUT2D eigenvalue weighted by atomic mass is 9.87. The first-order valence-corrected chi connectivity index (χ1v) is 7.34. The van der Waals surface area contributed by atoms with Crippen molar-refractivity contribution in [3.05, 3.63) is 39.9 Å². The van der Waals surface area contributed by atoms with Gasteiger partial charge in [0.05, 0.1) is 4.92 Å². The number of hydrogen-bond donors (Lipinski definition) is 1. The van der Waals surface area contributed by atoms with Crippen molar-refractivity contribution in [2.24, 2.45) is 11.8 Å². The molecule has 0 spiro atoms. The Bertz CT molecular complexity index is 506. The molecule has 2 fully saturated rings. The summed E-state index contributed by atoms with van der Waals surface area (Å²) in [4.78, 5) is 13.0. The van der Waals surface area contributed by atoms with Crippen LogP contribution >= 0.6 is 0 Å². The molecule has 0 amide bonds. The smallest absolute Gasteiger partial charge is 0.269 e. The highest BCUT2D eigenvalue weighted by Crippen LogP contribution is 2.32. The molecule has 1 aromatic rings. The quantitative estimate of drug-likeness (QED) is 0.678. The Balaban J connectivity index is 1.73. The second-order valence-corrected chi connectivity index (χ2v) is 5.99. The predicted molar refractivity (Wildman–Crippen MR) is 77.6 cm³/mol. The number of nitro benzene ring substituents is 1. The third kappa shape index (κ3) is 2.55. The maximum Gasteiger partial charge on any atom is 0.269 e. The summed E-state index contributed by atoms with van der Waals surface area (Å²) in [5.41, 5.74) is 1.23. The minimum Gasteiger partial charge on any atom is -0.316 e. The van der Waals surface area contributed by atoms with Gasteiger partial charge >= 0.3 is 0 Å². The number of nitrogens with one attached hydrogen (secondary N) is 1. The fourth-order valence-corrected chi connectivity index (χ4v) is 3.52. The minimum atomic E-state index is -0.316. The highest BCUT2D eigenvalue weighted by molar-refractivity contribution is 5.35.